The smallest absolute Gasteiger partial charge is 0.261 e. The van der Waals surface area contributed by atoms with Gasteiger partial charge in [-0.25, -0.2) is 0 Å². The number of carbonyl (C=O) groups excluding carboxylic acids is 2. The van der Waals surface area contributed by atoms with Crippen LogP contribution in [0.5, 0.6) is 11.5 Å². The summed E-state index contributed by atoms with van der Waals surface area (Å²) in [7, 11) is 0. The monoisotopic (exact) mass is 470 g/mol. The first-order valence-electron chi connectivity index (χ1n) is 11.9. The minimum atomic E-state index is -0.518. The van der Waals surface area contributed by atoms with E-state index in [9.17, 15) is 9.59 Å². The van der Waals surface area contributed by atoms with Gasteiger partial charge in [-0.05, 0) is 48.2 Å². The fourth-order valence-electron chi connectivity index (χ4n) is 5.18. The molecule has 6 rings (SSSR count). The Balaban J connectivity index is 1.26. The van der Waals surface area contributed by atoms with Gasteiger partial charge >= 0.3 is 0 Å². The molecule has 0 bridgehead atoms. The highest BCUT2D eigenvalue weighted by Crippen LogP contribution is 2.48. The van der Waals surface area contributed by atoms with Crippen LogP contribution in [-0.2, 0) is 10.3 Å². The molecule has 7 nitrogen and oxygen atoms in total. The lowest BCUT2D eigenvalue weighted by atomic mass is 9.84. The second kappa shape index (κ2) is 8.20. The van der Waals surface area contributed by atoms with E-state index in [1.807, 2.05) is 30.5 Å². The van der Waals surface area contributed by atoms with Crippen molar-refractivity contribution in [1.82, 2.24) is 9.88 Å². The average molecular weight is 471 g/mol. The van der Waals surface area contributed by atoms with Gasteiger partial charge in [-0.1, -0.05) is 26.0 Å². The largest absolute Gasteiger partial charge is 0.491 e. The lowest BCUT2D eigenvalue weighted by Gasteiger charge is -2.45. The van der Waals surface area contributed by atoms with Crippen LogP contribution in [0.15, 0.2) is 60.9 Å². The number of ether oxygens (including phenoxy) is 3. The van der Waals surface area contributed by atoms with Gasteiger partial charge in [-0.2, -0.15) is 0 Å². The number of carbonyl (C=O) groups is 2. The predicted molar refractivity (Wildman–Crippen MR) is 128 cm³/mol. The molecule has 1 atom stereocenters. The molecular weight excluding hydrogens is 444 g/mol. The normalized spacial score (nSPS) is 18.0. The van der Waals surface area contributed by atoms with E-state index in [-0.39, 0.29) is 30.4 Å². The van der Waals surface area contributed by atoms with Crippen molar-refractivity contribution in [3.05, 3.63) is 77.6 Å². The van der Waals surface area contributed by atoms with Gasteiger partial charge in [0.05, 0.1) is 30.4 Å². The Morgan fingerprint density at radius 1 is 1.00 bits per heavy atom. The zero-order valence-corrected chi connectivity index (χ0v) is 19.7. The fraction of sp³-hybridized carbons (Fsp3) is 0.321. The van der Waals surface area contributed by atoms with E-state index in [1.54, 1.807) is 30.5 Å². The van der Waals surface area contributed by atoms with Crippen LogP contribution in [0.2, 0.25) is 0 Å². The molecule has 1 fully saturated rings. The van der Waals surface area contributed by atoms with Crippen LogP contribution in [0.4, 0.5) is 0 Å². The van der Waals surface area contributed by atoms with Crippen LogP contribution in [0.25, 0.3) is 11.1 Å². The number of hydrogen-bond acceptors (Lipinski definition) is 6. The molecule has 0 aliphatic carbocycles. The molecule has 0 N–H and O–H groups in total. The SMILES string of the molecule is CC(C)CC(COc1ccc2c(c1)OC1(COC1)c1cnccc1-2)N1C(=O)c2ccccc2C1=O. The van der Waals surface area contributed by atoms with Crippen molar-refractivity contribution < 1.29 is 23.8 Å². The first-order chi connectivity index (χ1) is 17.0. The quantitative estimate of drug-likeness (QED) is 0.495. The third-order valence-electron chi connectivity index (χ3n) is 6.91. The molecule has 178 valence electrons. The maximum Gasteiger partial charge on any atom is 0.261 e. The van der Waals surface area contributed by atoms with Gasteiger partial charge in [0.2, 0.25) is 0 Å². The molecule has 2 amide bonds. The Kier molecular flexibility index (Phi) is 5.11. The van der Waals surface area contributed by atoms with E-state index in [0.717, 1.165) is 22.4 Å². The van der Waals surface area contributed by atoms with Gasteiger partial charge in [0.25, 0.3) is 11.8 Å². The summed E-state index contributed by atoms with van der Waals surface area (Å²) in [5.41, 5.74) is 3.49. The summed E-state index contributed by atoms with van der Waals surface area (Å²) >= 11 is 0. The maximum absolute atomic E-state index is 13.1. The first-order valence-corrected chi connectivity index (χ1v) is 11.9. The van der Waals surface area contributed by atoms with E-state index >= 15 is 0 Å². The lowest BCUT2D eigenvalue weighted by molar-refractivity contribution is -0.169. The van der Waals surface area contributed by atoms with Gasteiger partial charge in [0, 0.05) is 29.6 Å². The number of pyridine rings is 1. The minimum Gasteiger partial charge on any atom is -0.491 e. The molecule has 3 aromatic rings. The Bertz CT molecular complexity index is 1300. The molecule has 3 aliphatic heterocycles. The average Bonchev–Trinajstić information content (AvgIpc) is 3.10. The number of fused-ring (bicyclic) bond motifs is 5. The molecule has 0 radical (unpaired) electrons. The molecular formula is C28H26N2O5. The van der Waals surface area contributed by atoms with Crippen molar-refractivity contribution in [3.63, 3.8) is 0 Å². The molecule has 35 heavy (non-hydrogen) atoms. The Hall–Kier alpha value is -3.71. The van der Waals surface area contributed by atoms with Crippen LogP contribution in [0, 0.1) is 5.92 Å². The highest BCUT2D eigenvalue weighted by molar-refractivity contribution is 6.21. The summed E-state index contributed by atoms with van der Waals surface area (Å²) in [6, 6.07) is 14.4. The molecule has 2 aromatic carbocycles. The highest BCUT2D eigenvalue weighted by Gasteiger charge is 2.48. The Morgan fingerprint density at radius 3 is 2.40 bits per heavy atom. The van der Waals surface area contributed by atoms with Gasteiger partial charge in [0.1, 0.15) is 18.1 Å². The number of hydrogen-bond donors (Lipinski definition) is 0. The minimum absolute atomic E-state index is 0.206. The summed E-state index contributed by atoms with van der Waals surface area (Å²) < 4.78 is 18.1. The highest BCUT2D eigenvalue weighted by atomic mass is 16.6. The third kappa shape index (κ3) is 3.49. The maximum atomic E-state index is 13.1. The molecule has 4 heterocycles. The second-order valence-electron chi connectivity index (χ2n) is 9.79. The number of imide groups is 1. The van der Waals surface area contributed by atoms with Gasteiger partial charge in [0.15, 0.2) is 5.60 Å². The summed E-state index contributed by atoms with van der Waals surface area (Å²) in [5.74, 6) is 1.12. The first kappa shape index (κ1) is 21.8. The van der Waals surface area contributed by atoms with Gasteiger partial charge in [-0.3, -0.25) is 19.5 Å². The number of benzene rings is 2. The number of nitrogens with zero attached hydrogens (tertiary/aromatic N) is 2. The van der Waals surface area contributed by atoms with Crippen molar-refractivity contribution >= 4 is 11.8 Å². The molecule has 7 heteroatoms. The standard InChI is InChI=1S/C28H26N2O5/c1-17(2)11-18(30-26(31)22-5-3-4-6-23(22)27(30)32)14-34-19-7-8-21-20-9-10-29-13-24(20)28(15-33-16-28)35-25(21)12-19/h3-10,12-13,17-18H,11,14-16H2,1-2H3. The zero-order valence-electron chi connectivity index (χ0n) is 19.7. The molecule has 1 spiro atoms. The van der Waals surface area contributed by atoms with Crippen LogP contribution < -0.4 is 9.47 Å². The summed E-state index contributed by atoms with van der Waals surface area (Å²) in [6.45, 7) is 5.31. The van der Waals surface area contributed by atoms with Crippen molar-refractivity contribution in [2.45, 2.75) is 31.9 Å². The van der Waals surface area contributed by atoms with Crippen LogP contribution >= 0.6 is 0 Å². The van der Waals surface area contributed by atoms with Gasteiger partial charge in [-0.15, -0.1) is 0 Å². The molecule has 1 aromatic heterocycles. The zero-order chi connectivity index (χ0) is 24.2. The van der Waals surface area contributed by atoms with E-state index in [1.165, 1.54) is 4.90 Å². The molecule has 3 aliphatic rings. The van der Waals surface area contributed by atoms with Crippen LogP contribution in [0.3, 0.4) is 0 Å². The van der Waals surface area contributed by atoms with Crippen molar-refractivity contribution in [2.75, 3.05) is 19.8 Å². The van der Waals surface area contributed by atoms with E-state index in [4.69, 9.17) is 14.2 Å². The van der Waals surface area contributed by atoms with Crippen molar-refractivity contribution in [3.8, 4) is 22.6 Å². The Morgan fingerprint density at radius 2 is 1.74 bits per heavy atom. The van der Waals surface area contributed by atoms with Crippen LogP contribution in [0.1, 0.15) is 46.5 Å². The topological polar surface area (TPSA) is 78.0 Å². The second-order valence-corrected chi connectivity index (χ2v) is 9.79. The summed E-state index contributed by atoms with van der Waals surface area (Å²) in [5, 5.41) is 0. The number of aromatic nitrogens is 1. The van der Waals surface area contributed by atoms with E-state index in [0.29, 0.717) is 36.5 Å². The summed E-state index contributed by atoms with van der Waals surface area (Å²) in [6.07, 6.45) is 4.28. The van der Waals surface area contributed by atoms with E-state index in [2.05, 4.69) is 18.8 Å². The van der Waals surface area contributed by atoms with Crippen molar-refractivity contribution in [1.29, 1.82) is 0 Å². The third-order valence-corrected chi connectivity index (χ3v) is 6.91. The predicted octanol–water partition coefficient (Wildman–Crippen LogP) is 4.46. The molecule has 1 saturated heterocycles. The fourth-order valence-corrected chi connectivity index (χ4v) is 5.18. The van der Waals surface area contributed by atoms with Crippen molar-refractivity contribution in [2.24, 2.45) is 5.92 Å². The lowest BCUT2D eigenvalue weighted by Crippen LogP contribution is -2.53. The number of rotatable bonds is 6. The number of amides is 2. The molecule has 0 saturated carbocycles. The molecule has 1 unspecified atom stereocenters. The van der Waals surface area contributed by atoms with Crippen LogP contribution in [-0.4, -0.2) is 47.6 Å². The summed E-state index contributed by atoms with van der Waals surface area (Å²) in [4.78, 5) is 31.8. The van der Waals surface area contributed by atoms with Gasteiger partial charge < -0.3 is 14.2 Å². The van der Waals surface area contributed by atoms with E-state index < -0.39 is 5.60 Å². The Labute approximate surface area is 203 Å².